The van der Waals surface area contributed by atoms with Crippen molar-refractivity contribution in [3.05, 3.63) is 29.8 Å². The molecule has 1 aliphatic rings. The number of hydrogen-bond acceptors (Lipinski definition) is 4. The summed E-state index contributed by atoms with van der Waals surface area (Å²) in [5.41, 5.74) is 1.27. The van der Waals surface area contributed by atoms with Gasteiger partial charge >= 0.3 is 0 Å². The summed E-state index contributed by atoms with van der Waals surface area (Å²) in [6.45, 7) is 10.3. The lowest BCUT2D eigenvalue weighted by Crippen LogP contribution is -2.46. The third-order valence-electron chi connectivity index (χ3n) is 4.27. The molecule has 1 fully saturated rings. The quantitative estimate of drug-likeness (QED) is 0.776. The van der Waals surface area contributed by atoms with Crippen LogP contribution in [-0.4, -0.2) is 48.6 Å². The standard InChI is InChI=1S/C18H27N3O/c1-3-16(2)22-18-8-5-4-7-17(18)15-21-13-11-20(12-14-21)10-6-9-19/h4-5,7-8,16H,3,6,10-15H2,1-2H3. The van der Waals surface area contributed by atoms with Crippen LogP contribution in [0.3, 0.4) is 0 Å². The van der Waals surface area contributed by atoms with Crippen LogP contribution in [0.15, 0.2) is 24.3 Å². The topological polar surface area (TPSA) is 39.5 Å². The van der Waals surface area contributed by atoms with E-state index in [4.69, 9.17) is 10.00 Å². The van der Waals surface area contributed by atoms with E-state index in [1.54, 1.807) is 0 Å². The molecular weight excluding hydrogens is 274 g/mol. The smallest absolute Gasteiger partial charge is 0.124 e. The molecule has 0 bridgehead atoms. The van der Waals surface area contributed by atoms with Gasteiger partial charge in [0.05, 0.1) is 12.2 Å². The highest BCUT2D eigenvalue weighted by atomic mass is 16.5. The molecular formula is C18H27N3O. The molecule has 1 saturated heterocycles. The summed E-state index contributed by atoms with van der Waals surface area (Å²) in [4.78, 5) is 4.85. The molecule has 0 aliphatic carbocycles. The van der Waals surface area contributed by atoms with Crippen molar-refractivity contribution >= 4 is 0 Å². The average Bonchev–Trinajstić information content (AvgIpc) is 2.56. The van der Waals surface area contributed by atoms with Gasteiger partial charge in [-0.15, -0.1) is 0 Å². The number of hydrogen-bond donors (Lipinski definition) is 0. The number of rotatable bonds is 7. The lowest BCUT2D eigenvalue weighted by Gasteiger charge is -2.34. The Morgan fingerprint density at radius 3 is 2.55 bits per heavy atom. The van der Waals surface area contributed by atoms with Gasteiger partial charge in [0.25, 0.3) is 0 Å². The molecule has 0 N–H and O–H groups in total. The van der Waals surface area contributed by atoms with Gasteiger partial charge in [0.1, 0.15) is 5.75 Å². The largest absolute Gasteiger partial charge is 0.490 e. The van der Waals surface area contributed by atoms with Crippen LogP contribution < -0.4 is 4.74 Å². The number of nitrogens with zero attached hydrogens (tertiary/aromatic N) is 3. The maximum absolute atomic E-state index is 8.67. The number of benzene rings is 1. The van der Waals surface area contributed by atoms with Crippen molar-refractivity contribution in [1.29, 1.82) is 5.26 Å². The molecule has 1 aromatic rings. The van der Waals surface area contributed by atoms with Gasteiger partial charge in [0.15, 0.2) is 0 Å². The average molecular weight is 301 g/mol. The Bertz CT molecular complexity index is 489. The minimum absolute atomic E-state index is 0.254. The molecule has 0 spiro atoms. The highest BCUT2D eigenvalue weighted by Gasteiger charge is 2.18. The van der Waals surface area contributed by atoms with Gasteiger partial charge in [-0.1, -0.05) is 25.1 Å². The first kappa shape index (κ1) is 16.8. The highest BCUT2D eigenvalue weighted by Crippen LogP contribution is 2.22. The summed E-state index contributed by atoms with van der Waals surface area (Å²) in [5, 5.41) is 8.67. The SMILES string of the molecule is CCC(C)Oc1ccccc1CN1CCN(CCC#N)CC1. The number of piperazine rings is 1. The number of ether oxygens (including phenoxy) is 1. The monoisotopic (exact) mass is 301 g/mol. The normalized spacial score (nSPS) is 17.9. The van der Waals surface area contributed by atoms with Crippen molar-refractivity contribution in [3.8, 4) is 11.8 Å². The van der Waals surface area contributed by atoms with E-state index in [0.717, 1.165) is 51.4 Å². The first-order valence-corrected chi connectivity index (χ1v) is 8.29. The third-order valence-corrected chi connectivity index (χ3v) is 4.27. The third kappa shape index (κ3) is 5.01. The minimum atomic E-state index is 0.254. The molecule has 0 radical (unpaired) electrons. The molecule has 0 aromatic heterocycles. The summed E-state index contributed by atoms with van der Waals surface area (Å²) in [7, 11) is 0. The zero-order chi connectivity index (χ0) is 15.8. The van der Waals surface area contributed by atoms with Crippen molar-refractivity contribution in [1.82, 2.24) is 9.80 Å². The fourth-order valence-electron chi connectivity index (χ4n) is 2.67. The van der Waals surface area contributed by atoms with Crippen LogP contribution in [-0.2, 0) is 6.54 Å². The second-order valence-electron chi connectivity index (χ2n) is 5.97. The summed E-state index contributed by atoms with van der Waals surface area (Å²) >= 11 is 0. The van der Waals surface area contributed by atoms with Crippen molar-refractivity contribution in [2.45, 2.75) is 39.3 Å². The van der Waals surface area contributed by atoms with Gasteiger partial charge in [0, 0.05) is 51.3 Å². The Morgan fingerprint density at radius 1 is 1.18 bits per heavy atom. The van der Waals surface area contributed by atoms with Crippen LogP contribution in [0, 0.1) is 11.3 Å². The fourth-order valence-corrected chi connectivity index (χ4v) is 2.67. The molecule has 4 nitrogen and oxygen atoms in total. The molecule has 1 heterocycles. The zero-order valence-electron chi connectivity index (χ0n) is 13.8. The van der Waals surface area contributed by atoms with Crippen molar-refractivity contribution < 1.29 is 4.74 Å². The Kier molecular flexibility index (Phi) is 6.70. The van der Waals surface area contributed by atoms with Gasteiger partial charge in [-0.2, -0.15) is 5.26 Å². The molecule has 1 aliphatic heterocycles. The molecule has 2 rings (SSSR count). The molecule has 1 unspecified atom stereocenters. The minimum Gasteiger partial charge on any atom is -0.490 e. The van der Waals surface area contributed by atoms with Gasteiger partial charge in [0.2, 0.25) is 0 Å². The summed E-state index contributed by atoms with van der Waals surface area (Å²) < 4.78 is 6.04. The van der Waals surface area contributed by atoms with E-state index >= 15 is 0 Å². The Morgan fingerprint density at radius 2 is 1.86 bits per heavy atom. The van der Waals surface area contributed by atoms with Crippen molar-refractivity contribution in [2.24, 2.45) is 0 Å². The zero-order valence-corrected chi connectivity index (χ0v) is 13.8. The first-order chi connectivity index (χ1) is 10.7. The summed E-state index contributed by atoms with van der Waals surface area (Å²) in [6, 6.07) is 10.6. The molecule has 22 heavy (non-hydrogen) atoms. The second-order valence-corrected chi connectivity index (χ2v) is 5.97. The van der Waals surface area contributed by atoms with Crippen molar-refractivity contribution in [2.75, 3.05) is 32.7 Å². The van der Waals surface area contributed by atoms with E-state index in [0.29, 0.717) is 6.42 Å². The van der Waals surface area contributed by atoms with Gasteiger partial charge in [-0.3, -0.25) is 9.80 Å². The van der Waals surface area contributed by atoms with Crippen LogP contribution >= 0.6 is 0 Å². The van der Waals surface area contributed by atoms with Crippen LogP contribution in [0.25, 0.3) is 0 Å². The van der Waals surface area contributed by atoms with E-state index < -0.39 is 0 Å². The first-order valence-electron chi connectivity index (χ1n) is 8.29. The highest BCUT2D eigenvalue weighted by molar-refractivity contribution is 5.33. The van der Waals surface area contributed by atoms with E-state index in [-0.39, 0.29) is 6.10 Å². The number of para-hydroxylation sites is 1. The molecule has 120 valence electrons. The van der Waals surface area contributed by atoms with E-state index in [1.807, 2.05) is 6.07 Å². The molecule has 0 amide bonds. The molecule has 0 saturated carbocycles. The van der Waals surface area contributed by atoms with Crippen LogP contribution in [0.4, 0.5) is 0 Å². The summed E-state index contributed by atoms with van der Waals surface area (Å²) in [6.07, 6.45) is 1.90. The fraction of sp³-hybridized carbons (Fsp3) is 0.611. The molecule has 1 aromatic carbocycles. The Hall–Kier alpha value is -1.57. The molecule has 1 atom stereocenters. The predicted molar refractivity (Wildman–Crippen MR) is 88.8 cm³/mol. The van der Waals surface area contributed by atoms with E-state index in [9.17, 15) is 0 Å². The van der Waals surface area contributed by atoms with E-state index in [2.05, 4.69) is 47.9 Å². The van der Waals surface area contributed by atoms with Crippen LogP contribution in [0.2, 0.25) is 0 Å². The number of nitriles is 1. The molecule has 4 heteroatoms. The van der Waals surface area contributed by atoms with Gasteiger partial charge in [-0.05, 0) is 19.4 Å². The van der Waals surface area contributed by atoms with Gasteiger partial charge < -0.3 is 4.74 Å². The van der Waals surface area contributed by atoms with Crippen LogP contribution in [0.5, 0.6) is 5.75 Å². The Balaban J connectivity index is 1.88. The lowest BCUT2D eigenvalue weighted by atomic mass is 10.1. The van der Waals surface area contributed by atoms with Crippen LogP contribution in [0.1, 0.15) is 32.3 Å². The van der Waals surface area contributed by atoms with Crippen molar-refractivity contribution in [3.63, 3.8) is 0 Å². The maximum Gasteiger partial charge on any atom is 0.124 e. The maximum atomic E-state index is 8.67. The summed E-state index contributed by atoms with van der Waals surface area (Å²) in [5.74, 6) is 1.02. The second kappa shape index (κ2) is 8.77. The predicted octanol–water partition coefficient (Wildman–Crippen LogP) is 2.90. The van der Waals surface area contributed by atoms with Gasteiger partial charge in [-0.25, -0.2) is 0 Å². The Labute approximate surface area is 134 Å². The van der Waals surface area contributed by atoms with E-state index in [1.165, 1.54) is 5.56 Å². The lowest BCUT2D eigenvalue weighted by molar-refractivity contribution is 0.127.